The number of Topliss-reactive ketones (excluding diaryl/α,β-unsaturated/α-hetero) is 1. The lowest BCUT2D eigenvalue weighted by Gasteiger charge is -2.42. The first kappa shape index (κ1) is 16.9. The van der Waals surface area contributed by atoms with Crippen LogP contribution in [-0.2, 0) is 9.22 Å². The Morgan fingerprint density at radius 1 is 1.32 bits per heavy atom. The van der Waals surface area contributed by atoms with E-state index in [-0.39, 0.29) is 11.1 Å². The van der Waals surface area contributed by atoms with E-state index in [0.29, 0.717) is 24.0 Å². The van der Waals surface area contributed by atoms with Crippen molar-refractivity contribution in [2.24, 2.45) is 11.8 Å². The molecular formula is C16H32O2Si. The highest BCUT2D eigenvalue weighted by Crippen LogP contribution is 2.40. The van der Waals surface area contributed by atoms with Gasteiger partial charge in [0.15, 0.2) is 8.32 Å². The number of hydrogen-bond acceptors (Lipinski definition) is 2. The van der Waals surface area contributed by atoms with Crippen LogP contribution in [-0.4, -0.2) is 20.2 Å². The van der Waals surface area contributed by atoms with Gasteiger partial charge in [-0.15, -0.1) is 0 Å². The molecule has 0 N–H and O–H groups in total. The van der Waals surface area contributed by atoms with Crippen LogP contribution in [0.4, 0.5) is 0 Å². The highest BCUT2D eigenvalue weighted by atomic mass is 28.4. The first-order chi connectivity index (χ1) is 8.56. The van der Waals surface area contributed by atoms with Crippen molar-refractivity contribution < 1.29 is 9.22 Å². The van der Waals surface area contributed by atoms with Crippen molar-refractivity contribution >= 4 is 14.1 Å². The number of ketones is 1. The average Bonchev–Trinajstić information content (AvgIpc) is 2.24. The molecule has 0 radical (unpaired) electrons. The third kappa shape index (κ3) is 4.42. The monoisotopic (exact) mass is 284 g/mol. The fraction of sp³-hybridized carbons (Fsp3) is 0.938. The van der Waals surface area contributed by atoms with E-state index in [1.807, 2.05) is 0 Å². The Bertz CT molecular complexity index is 317. The quantitative estimate of drug-likeness (QED) is 0.694. The maximum atomic E-state index is 12.0. The second-order valence-corrected chi connectivity index (χ2v) is 12.6. The van der Waals surface area contributed by atoms with Gasteiger partial charge in [0.2, 0.25) is 0 Å². The molecule has 3 heteroatoms. The normalized spacial score (nSPS) is 27.4. The summed E-state index contributed by atoms with van der Waals surface area (Å²) in [7, 11) is -1.75. The van der Waals surface area contributed by atoms with Crippen molar-refractivity contribution in [3.05, 3.63) is 0 Å². The highest BCUT2D eigenvalue weighted by Gasteiger charge is 2.41. The minimum Gasteiger partial charge on any atom is -0.413 e. The summed E-state index contributed by atoms with van der Waals surface area (Å²) in [5, 5.41) is 0.222. The van der Waals surface area contributed by atoms with Crippen molar-refractivity contribution in [2.45, 2.75) is 84.5 Å². The Morgan fingerprint density at radius 2 is 1.89 bits per heavy atom. The predicted molar refractivity (Wildman–Crippen MR) is 83.9 cm³/mol. The van der Waals surface area contributed by atoms with Gasteiger partial charge in [0.1, 0.15) is 5.78 Å². The molecule has 0 aromatic rings. The molecule has 0 heterocycles. The summed E-state index contributed by atoms with van der Waals surface area (Å²) in [6.45, 7) is 15.8. The van der Waals surface area contributed by atoms with Gasteiger partial charge < -0.3 is 4.43 Å². The van der Waals surface area contributed by atoms with E-state index >= 15 is 0 Å². The molecule has 1 unspecified atom stereocenters. The standard InChI is InChI=1S/C16H32O2Si/c1-8-12(2)13-9-14(17)11-15(10-13)18-19(6,7)16(3,4)5/h12-13,15H,8-11H2,1-7H3/t12?,13-,15-/m0/s1. The van der Waals surface area contributed by atoms with Gasteiger partial charge in [-0.05, 0) is 36.4 Å². The zero-order chi connectivity index (χ0) is 14.8. The first-order valence-electron chi connectivity index (χ1n) is 7.76. The molecule has 0 saturated heterocycles. The lowest BCUT2D eigenvalue weighted by Crippen LogP contribution is -2.46. The van der Waals surface area contributed by atoms with Gasteiger partial charge in [-0.1, -0.05) is 41.0 Å². The Kier molecular flexibility index (Phi) is 5.41. The fourth-order valence-electron chi connectivity index (χ4n) is 2.58. The average molecular weight is 285 g/mol. The van der Waals surface area contributed by atoms with E-state index in [2.05, 4.69) is 47.7 Å². The second kappa shape index (κ2) is 6.09. The molecule has 0 aromatic carbocycles. The topological polar surface area (TPSA) is 26.3 Å². The van der Waals surface area contributed by atoms with E-state index in [9.17, 15) is 4.79 Å². The molecule has 0 amide bonds. The second-order valence-electron chi connectivity index (χ2n) is 7.83. The zero-order valence-electron chi connectivity index (χ0n) is 13.9. The third-order valence-corrected chi connectivity index (χ3v) is 9.76. The van der Waals surface area contributed by atoms with E-state index in [1.54, 1.807) is 0 Å². The van der Waals surface area contributed by atoms with Gasteiger partial charge >= 0.3 is 0 Å². The lowest BCUT2D eigenvalue weighted by atomic mass is 9.78. The highest BCUT2D eigenvalue weighted by molar-refractivity contribution is 6.74. The summed E-state index contributed by atoms with van der Waals surface area (Å²) in [6, 6.07) is 0. The Labute approximate surface area is 120 Å². The van der Waals surface area contributed by atoms with Gasteiger partial charge in [-0.25, -0.2) is 0 Å². The Balaban J connectivity index is 2.71. The smallest absolute Gasteiger partial charge is 0.192 e. The van der Waals surface area contributed by atoms with E-state index in [0.717, 1.165) is 19.3 Å². The van der Waals surface area contributed by atoms with Crippen LogP contribution < -0.4 is 0 Å². The largest absolute Gasteiger partial charge is 0.413 e. The van der Waals surface area contributed by atoms with Crippen molar-refractivity contribution in [1.82, 2.24) is 0 Å². The molecule has 0 aliphatic heterocycles. The molecule has 0 spiro atoms. The molecular weight excluding hydrogens is 252 g/mol. The molecule has 3 atom stereocenters. The van der Waals surface area contributed by atoms with Crippen molar-refractivity contribution in [3.63, 3.8) is 0 Å². The Morgan fingerprint density at radius 3 is 2.37 bits per heavy atom. The van der Waals surface area contributed by atoms with Crippen LogP contribution in [0.15, 0.2) is 0 Å². The van der Waals surface area contributed by atoms with E-state index in [4.69, 9.17) is 4.43 Å². The summed E-state index contributed by atoms with van der Waals surface area (Å²) in [6.07, 6.45) is 3.81. The predicted octanol–water partition coefficient (Wildman–Crippen LogP) is 4.79. The summed E-state index contributed by atoms with van der Waals surface area (Å²) >= 11 is 0. The van der Waals surface area contributed by atoms with Crippen LogP contribution in [0.2, 0.25) is 18.1 Å². The van der Waals surface area contributed by atoms with Gasteiger partial charge in [0.05, 0.1) is 6.10 Å². The maximum Gasteiger partial charge on any atom is 0.192 e. The number of rotatable bonds is 4. The van der Waals surface area contributed by atoms with Gasteiger partial charge in [-0.3, -0.25) is 4.79 Å². The van der Waals surface area contributed by atoms with Crippen molar-refractivity contribution in [1.29, 1.82) is 0 Å². The summed E-state index contributed by atoms with van der Waals surface area (Å²) < 4.78 is 6.46. The summed E-state index contributed by atoms with van der Waals surface area (Å²) in [5.41, 5.74) is 0. The molecule has 1 saturated carbocycles. The fourth-order valence-corrected chi connectivity index (χ4v) is 3.95. The molecule has 0 bridgehead atoms. The molecule has 1 aliphatic rings. The Hall–Kier alpha value is -0.153. The van der Waals surface area contributed by atoms with E-state index < -0.39 is 8.32 Å². The zero-order valence-corrected chi connectivity index (χ0v) is 14.9. The molecule has 19 heavy (non-hydrogen) atoms. The molecule has 112 valence electrons. The van der Waals surface area contributed by atoms with E-state index in [1.165, 1.54) is 0 Å². The molecule has 1 aliphatic carbocycles. The van der Waals surface area contributed by atoms with Gasteiger partial charge in [0.25, 0.3) is 0 Å². The molecule has 2 nitrogen and oxygen atoms in total. The minimum atomic E-state index is -1.75. The lowest BCUT2D eigenvalue weighted by molar-refractivity contribution is -0.125. The van der Waals surface area contributed by atoms with Gasteiger partial charge in [0, 0.05) is 12.8 Å². The van der Waals surface area contributed by atoms with Crippen molar-refractivity contribution in [2.75, 3.05) is 0 Å². The van der Waals surface area contributed by atoms with Gasteiger partial charge in [-0.2, -0.15) is 0 Å². The summed E-state index contributed by atoms with van der Waals surface area (Å²) in [5.74, 6) is 1.57. The van der Waals surface area contributed by atoms with Crippen LogP contribution in [0.3, 0.4) is 0 Å². The maximum absolute atomic E-state index is 12.0. The molecule has 1 fully saturated rings. The number of hydrogen-bond donors (Lipinski definition) is 0. The molecule has 1 rings (SSSR count). The third-order valence-electron chi connectivity index (χ3n) is 5.23. The molecule has 0 aromatic heterocycles. The first-order valence-corrected chi connectivity index (χ1v) is 10.7. The minimum absolute atomic E-state index is 0.168. The summed E-state index contributed by atoms with van der Waals surface area (Å²) in [4.78, 5) is 12.0. The van der Waals surface area contributed by atoms with Crippen LogP contribution in [0.5, 0.6) is 0 Å². The number of carbonyl (C=O) groups is 1. The van der Waals surface area contributed by atoms with Crippen LogP contribution in [0, 0.1) is 11.8 Å². The number of carbonyl (C=O) groups excluding carboxylic acids is 1. The van der Waals surface area contributed by atoms with Crippen molar-refractivity contribution in [3.8, 4) is 0 Å². The van der Waals surface area contributed by atoms with Crippen LogP contribution in [0.25, 0.3) is 0 Å². The SMILES string of the molecule is CCC(C)[C@H]1CC(=O)C[C@@H](O[Si](C)(C)C(C)(C)C)C1. The van der Waals surface area contributed by atoms with Crippen LogP contribution >= 0.6 is 0 Å². The van der Waals surface area contributed by atoms with Crippen LogP contribution in [0.1, 0.15) is 60.3 Å².